The first-order chi connectivity index (χ1) is 13.5. The third kappa shape index (κ3) is 4.86. The summed E-state index contributed by atoms with van der Waals surface area (Å²) in [4.78, 5) is 3.76. The van der Waals surface area contributed by atoms with Crippen molar-refractivity contribution in [3.8, 4) is 17.3 Å². The first kappa shape index (κ1) is 19.4. The van der Waals surface area contributed by atoms with Gasteiger partial charge in [-0.15, -0.1) is 0 Å². The van der Waals surface area contributed by atoms with Crippen molar-refractivity contribution in [1.82, 2.24) is 20.5 Å². The average molecular weight is 386 g/mol. The number of benzene rings is 1. The van der Waals surface area contributed by atoms with E-state index >= 15 is 0 Å². The average Bonchev–Trinajstić information content (AvgIpc) is 3.16. The SMILES string of the molecule is N#Cc1ccc(-c2[nH]ncc2CNCCNc2ccc(C(F)(F)F)cn2)cc1. The molecule has 0 fully saturated rings. The van der Waals surface area contributed by atoms with E-state index in [1.165, 1.54) is 6.07 Å². The van der Waals surface area contributed by atoms with Crippen molar-refractivity contribution in [1.29, 1.82) is 5.26 Å². The topological polar surface area (TPSA) is 89.4 Å². The Morgan fingerprint density at radius 1 is 1.04 bits per heavy atom. The Morgan fingerprint density at radius 3 is 2.46 bits per heavy atom. The van der Waals surface area contributed by atoms with Gasteiger partial charge in [-0.05, 0) is 29.8 Å². The highest BCUT2D eigenvalue weighted by Crippen LogP contribution is 2.28. The summed E-state index contributed by atoms with van der Waals surface area (Å²) in [6.07, 6.45) is -1.85. The lowest BCUT2D eigenvalue weighted by Gasteiger charge is -2.09. The lowest BCUT2D eigenvalue weighted by atomic mass is 10.1. The molecular weight excluding hydrogens is 369 g/mol. The Bertz CT molecular complexity index is 940. The van der Waals surface area contributed by atoms with Crippen LogP contribution in [0.5, 0.6) is 0 Å². The molecule has 1 aromatic carbocycles. The number of nitrogens with one attached hydrogen (secondary N) is 3. The normalized spacial score (nSPS) is 11.2. The molecule has 0 atom stereocenters. The molecule has 0 saturated carbocycles. The molecule has 0 aliphatic heterocycles. The molecule has 28 heavy (non-hydrogen) atoms. The molecular formula is C19H17F3N6. The Morgan fingerprint density at radius 2 is 1.82 bits per heavy atom. The summed E-state index contributed by atoms with van der Waals surface area (Å²) in [6, 6.07) is 11.6. The van der Waals surface area contributed by atoms with Gasteiger partial charge in [-0.1, -0.05) is 12.1 Å². The molecule has 0 amide bonds. The van der Waals surface area contributed by atoms with Crippen molar-refractivity contribution in [2.75, 3.05) is 18.4 Å². The number of pyridine rings is 1. The summed E-state index contributed by atoms with van der Waals surface area (Å²) < 4.78 is 37.5. The highest BCUT2D eigenvalue weighted by Gasteiger charge is 2.30. The number of anilines is 1. The fourth-order valence-corrected chi connectivity index (χ4v) is 2.57. The summed E-state index contributed by atoms with van der Waals surface area (Å²) in [5.41, 5.74) is 2.59. The summed E-state index contributed by atoms with van der Waals surface area (Å²) in [6.45, 7) is 1.65. The van der Waals surface area contributed by atoms with Crippen LogP contribution in [0.4, 0.5) is 19.0 Å². The predicted octanol–water partition coefficient (Wildman–Crippen LogP) is 3.56. The van der Waals surface area contributed by atoms with Gasteiger partial charge in [0.2, 0.25) is 0 Å². The third-order valence-electron chi connectivity index (χ3n) is 4.03. The maximum atomic E-state index is 12.5. The van der Waals surface area contributed by atoms with Crippen LogP contribution in [0.15, 0.2) is 48.8 Å². The van der Waals surface area contributed by atoms with Gasteiger partial charge in [-0.2, -0.15) is 23.5 Å². The fraction of sp³-hybridized carbons (Fsp3) is 0.211. The molecule has 3 rings (SSSR count). The van der Waals surface area contributed by atoms with Crippen LogP contribution in [0.3, 0.4) is 0 Å². The molecule has 0 saturated heterocycles. The summed E-state index contributed by atoms with van der Waals surface area (Å²) in [5.74, 6) is 0.386. The van der Waals surface area contributed by atoms with Gasteiger partial charge in [0.05, 0.1) is 29.1 Å². The van der Waals surface area contributed by atoms with E-state index in [-0.39, 0.29) is 0 Å². The van der Waals surface area contributed by atoms with Crippen molar-refractivity contribution in [3.63, 3.8) is 0 Å². The molecule has 2 aromatic heterocycles. The highest BCUT2D eigenvalue weighted by molar-refractivity contribution is 5.63. The van der Waals surface area contributed by atoms with Gasteiger partial charge in [-0.3, -0.25) is 5.10 Å². The molecule has 3 aromatic rings. The van der Waals surface area contributed by atoms with Crippen LogP contribution < -0.4 is 10.6 Å². The van der Waals surface area contributed by atoms with Gasteiger partial charge >= 0.3 is 6.18 Å². The number of hydrogen-bond donors (Lipinski definition) is 3. The number of hydrogen-bond acceptors (Lipinski definition) is 5. The Balaban J connectivity index is 1.47. The zero-order valence-electron chi connectivity index (χ0n) is 14.7. The quantitative estimate of drug-likeness (QED) is 0.540. The monoisotopic (exact) mass is 386 g/mol. The number of rotatable bonds is 7. The third-order valence-corrected chi connectivity index (χ3v) is 4.03. The van der Waals surface area contributed by atoms with Gasteiger partial charge in [0.15, 0.2) is 0 Å². The lowest BCUT2D eigenvalue weighted by Crippen LogP contribution is -2.22. The number of alkyl halides is 3. The molecule has 144 valence electrons. The van der Waals surface area contributed by atoms with Crippen LogP contribution >= 0.6 is 0 Å². The number of aromatic amines is 1. The number of H-pyrrole nitrogens is 1. The number of nitriles is 1. The molecule has 0 bridgehead atoms. The molecule has 0 unspecified atom stereocenters. The van der Waals surface area contributed by atoms with E-state index in [4.69, 9.17) is 5.26 Å². The lowest BCUT2D eigenvalue weighted by molar-refractivity contribution is -0.137. The van der Waals surface area contributed by atoms with Crippen molar-refractivity contribution < 1.29 is 13.2 Å². The molecule has 3 N–H and O–H groups in total. The van der Waals surface area contributed by atoms with E-state index in [0.29, 0.717) is 31.0 Å². The van der Waals surface area contributed by atoms with Crippen LogP contribution in [0.25, 0.3) is 11.3 Å². The second-order valence-electron chi connectivity index (χ2n) is 5.99. The van der Waals surface area contributed by atoms with E-state index in [9.17, 15) is 13.2 Å². The maximum Gasteiger partial charge on any atom is 0.417 e. The second kappa shape index (κ2) is 8.54. The minimum Gasteiger partial charge on any atom is -0.369 e. The number of nitrogens with zero attached hydrogens (tertiary/aromatic N) is 3. The summed E-state index contributed by atoms with van der Waals surface area (Å²) >= 11 is 0. The van der Waals surface area contributed by atoms with Crippen molar-refractivity contribution >= 4 is 5.82 Å². The second-order valence-corrected chi connectivity index (χ2v) is 5.99. The minimum absolute atomic E-state index is 0.386. The van der Waals surface area contributed by atoms with Crippen LogP contribution in [-0.4, -0.2) is 28.3 Å². The summed E-state index contributed by atoms with van der Waals surface area (Å²) in [5, 5.41) is 22.1. The van der Waals surface area contributed by atoms with Gasteiger partial charge in [0, 0.05) is 31.4 Å². The standard InChI is InChI=1S/C19H17F3N6/c20-19(21,22)16-5-6-17(26-12-16)25-8-7-24-10-15-11-27-28-18(15)14-3-1-13(9-23)2-4-14/h1-6,11-12,24H,7-8,10H2,(H,25,26)(H,27,28). The maximum absolute atomic E-state index is 12.5. The van der Waals surface area contributed by atoms with Crippen LogP contribution in [0, 0.1) is 11.3 Å². The van der Waals surface area contributed by atoms with E-state index in [2.05, 4.69) is 31.9 Å². The van der Waals surface area contributed by atoms with Crippen molar-refractivity contribution in [2.45, 2.75) is 12.7 Å². The molecule has 0 aliphatic carbocycles. The minimum atomic E-state index is -4.38. The Hall–Kier alpha value is -3.38. The number of halogens is 3. The summed E-state index contributed by atoms with van der Waals surface area (Å²) in [7, 11) is 0. The first-order valence-electron chi connectivity index (χ1n) is 8.48. The van der Waals surface area contributed by atoms with E-state index in [1.54, 1.807) is 18.3 Å². The fourth-order valence-electron chi connectivity index (χ4n) is 2.57. The van der Waals surface area contributed by atoms with Gasteiger partial charge in [0.25, 0.3) is 0 Å². The molecule has 2 heterocycles. The van der Waals surface area contributed by atoms with Crippen LogP contribution in [-0.2, 0) is 12.7 Å². The van der Waals surface area contributed by atoms with Gasteiger partial charge in [-0.25, -0.2) is 4.98 Å². The predicted molar refractivity (Wildman–Crippen MR) is 98.2 cm³/mol. The van der Waals surface area contributed by atoms with Crippen molar-refractivity contribution in [3.05, 3.63) is 65.5 Å². The molecule has 6 nitrogen and oxygen atoms in total. The molecule has 0 aliphatic rings. The zero-order valence-corrected chi connectivity index (χ0v) is 14.7. The van der Waals surface area contributed by atoms with Gasteiger partial charge < -0.3 is 10.6 Å². The van der Waals surface area contributed by atoms with Crippen molar-refractivity contribution in [2.24, 2.45) is 0 Å². The number of aromatic nitrogens is 3. The van der Waals surface area contributed by atoms with E-state index in [1.807, 2.05) is 12.1 Å². The Kier molecular flexibility index (Phi) is 5.91. The first-order valence-corrected chi connectivity index (χ1v) is 8.48. The van der Waals surface area contributed by atoms with E-state index in [0.717, 1.165) is 29.1 Å². The van der Waals surface area contributed by atoms with Crippen LogP contribution in [0.2, 0.25) is 0 Å². The zero-order chi connectivity index (χ0) is 20.0. The van der Waals surface area contributed by atoms with Gasteiger partial charge in [0.1, 0.15) is 5.82 Å². The van der Waals surface area contributed by atoms with E-state index < -0.39 is 11.7 Å². The highest BCUT2D eigenvalue weighted by atomic mass is 19.4. The van der Waals surface area contributed by atoms with Crippen LogP contribution in [0.1, 0.15) is 16.7 Å². The molecule has 9 heteroatoms. The largest absolute Gasteiger partial charge is 0.417 e. The smallest absolute Gasteiger partial charge is 0.369 e. The Labute approximate surface area is 159 Å². The molecule has 0 radical (unpaired) electrons. The molecule has 0 spiro atoms.